The Morgan fingerprint density at radius 1 is 1.06 bits per heavy atom. The number of ether oxygens (including phenoxy) is 1. The quantitative estimate of drug-likeness (QED) is 0.348. The monoisotopic (exact) mass is 497 g/mol. The zero-order chi connectivity index (χ0) is 24.6. The Balaban J connectivity index is 1.42. The van der Waals surface area contributed by atoms with Crippen molar-refractivity contribution in [1.29, 1.82) is 0 Å². The van der Waals surface area contributed by atoms with Crippen molar-refractivity contribution in [3.8, 4) is 10.8 Å². The van der Waals surface area contributed by atoms with Gasteiger partial charge in [0.1, 0.15) is 10.8 Å². The molecule has 2 aromatic carbocycles. The molecule has 1 atom stereocenters. The molecule has 6 rings (SSSR count). The zero-order valence-corrected chi connectivity index (χ0v) is 21.6. The van der Waals surface area contributed by atoms with E-state index >= 15 is 0 Å². The Kier molecular flexibility index (Phi) is 6.05. The standard InChI is InChI=1S/C30H31N3O2S/c1-20-8-5-10-22(16-20)28-26-13-7-15-32(26)29-25(24-12-3-4-14-27(24)36-29)19-33(28)30(34)31-18-21-9-6-11-23(17-21)35-2/h5-11,13,15-17,28H,3-4,12,14,18-19H2,1-2H3,(H,31,34)/t28-/m0/s1. The van der Waals surface area contributed by atoms with Gasteiger partial charge >= 0.3 is 6.03 Å². The maximum atomic E-state index is 14.0. The molecular formula is C30H31N3O2S. The molecule has 1 N–H and O–H groups in total. The molecule has 5 nitrogen and oxygen atoms in total. The first-order valence-electron chi connectivity index (χ1n) is 12.7. The summed E-state index contributed by atoms with van der Waals surface area (Å²) in [5.74, 6) is 0.793. The van der Waals surface area contributed by atoms with Crippen molar-refractivity contribution in [2.45, 2.75) is 51.7 Å². The van der Waals surface area contributed by atoms with Crippen LogP contribution in [0.5, 0.6) is 5.75 Å². The summed E-state index contributed by atoms with van der Waals surface area (Å²) >= 11 is 1.92. The summed E-state index contributed by atoms with van der Waals surface area (Å²) in [5.41, 5.74) is 7.26. The maximum absolute atomic E-state index is 14.0. The van der Waals surface area contributed by atoms with Crippen LogP contribution >= 0.6 is 11.3 Å². The largest absolute Gasteiger partial charge is 0.497 e. The minimum Gasteiger partial charge on any atom is -0.497 e. The molecule has 1 aliphatic heterocycles. The average Bonchev–Trinajstić information content (AvgIpc) is 3.49. The molecule has 2 aliphatic rings. The third-order valence-electron chi connectivity index (χ3n) is 7.38. The normalized spacial score (nSPS) is 16.5. The van der Waals surface area contributed by atoms with Crippen LogP contribution in [0, 0.1) is 6.92 Å². The van der Waals surface area contributed by atoms with Crippen molar-refractivity contribution in [1.82, 2.24) is 14.8 Å². The van der Waals surface area contributed by atoms with Crippen LogP contribution in [0.1, 0.15) is 57.3 Å². The Morgan fingerprint density at radius 2 is 1.92 bits per heavy atom. The van der Waals surface area contributed by atoms with Gasteiger partial charge in [0.15, 0.2) is 0 Å². The number of nitrogens with one attached hydrogen (secondary N) is 1. The molecule has 0 radical (unpaired) electrons. The number of hydrogen-bond acceptors (Lipinski definition) is 3. The van der Waals surface area contributed by atoms with Crippen LogP contribution in [-0.4, -0.2) is 22.6 Å². The van der Waals surface area contributed by atoms with E-state index < -0.39 is 0 Å². The lowest BCUT2D eigenvalue weighted by atomic mass is 9.95. The van der Waals surface area contributed by atoms with E-state index in [2.05, 4.69) is 59.4 Å². The fourth-order valence-electron chi connectivity index (χ4n) is 5.64. The van der Waals surface area contributed by atoms with Gasteiger partial charge in [0.25, 0.3) is 0 Å². The van der Waals surface area contributed by atoms with E-state index in [0.29, 0.717) is 13.1 Å². The first-order valence-corrected chi connectivity index (χ1v) is 13.5. The third-order valence-corrected chi connectivity index (χ3v) is 8.71. The molecule has 36 heavy (non-hydrogen) atoms. The Labute approximate surface area is 216 Å². The lowest BCUT2D eigenvalue weighted by Crippen LogP contribution is -2.41. The molecule has 3 heterocycles. The molecule has 2 aromatic heterocycles. The Morgan fingerprint density at radius 3 is 2.78 bits per heavy atom. The van der Waals surface area contributed by atoms with Crippen molar-refractivity contribution < 1.29 is 9.53 Å². The highest BCUT2D eigenvalue weighted by molar-refractivity contribution is 7.15. The number of fused-ring (bicyclic) bond motifs is 5. The van der Waals surface area contributed by atoms with Crippen LogP contribution in [0.15, 0.2) is 66.9 Å². The van der Waals surface area contributed by atoms with E-state index in [0.717, 1.165) is 35.4 Å². The van der Waals surface area contributed by atoms with E-state index in [1.165, 1.54) is 39.4 Å². The van der Waals surface area contributed by atoms with Crippen molar-refractivity contribution in [2.24, 2.45) is 0 Å². The summed E-state index contributed by atoms with van der Waals surface area (Å²) in [7, 11) is 1.66. The number of methoxy groups -OCH3 is 1. The SMILES string of the molecule is COc1cccc(CNC(=O)N2Cc3c(sc4c3CCCC4)-n3cccc3[C@@H]2c2cccc(C)c2)c1. The van der Waals surface area contributed by atoms with Crippen LogP contribution in [-0.2, 0) is 25.9 Å². The highest BCUT2D eigenvalue weighted by atomic mass is 32.1. The van der Waals surface area contributed by atoms with Crippen molar-refractivity contribution in [2.75, 3.05) is 7.11 Å². The molecule has 6 heteroatoms. The molecule has 0 bridgehead atoms. The predicted octanol–water partition coefficient (Wildman–Crippen LogP) is 6.55. The van der Waals surface area contributed by atoms with E-state index in [9.17, 15) is 4.79 Å². The first-order chi connectivity index (χ1) is 17.6. The van der Waals surface area contributed by atoms with Gasteiger partial charge in [-0.15, -0.1) is 11.3 Å². The Hall–Kier alpha value is -3.51. The second kappa shape index (κ2) is 9.51. The summed E-state index contributed by atoms with van der Waals surface area (Å²) in [5, 5.41) is 4.49. The summed E-state index contributed by atoms with van der Waals surface area (Å²) < 4.78 is 7.70. The second-order valence-corrected chi connectivity index (χ2v) is 10.8. The van der Waals surface area contributed by atoms with Crippen molar-refractivity contribution in [3.05, 3.63) is 105 Å². The number of thiophene rings is 1. The summed E-state index contributed by atoms with van der Waals surface area (Å²) in [6.07, 6.45) is 6.88. The number of carbonyl (C=O) groups excluding carboxylic acids is 1. The molecule has 2 amide bonds. The highest BCUT2D eigenvalue weighted by Gasteiger charge is 2.36. The summed E-state index contributed by atoms with van der Waals surface area (Å²) in [6, 6.07) is 20.5. The number of aromatic nitrogens is 1. The molecule has 0 unspecified atom stereocenters. The summed E-state index contributed by atoms with van der Waals surface area (Å²) in [4.78, 5) is 17.5. The van der Waals surface area contributed by atoms with Gasteiger partial charge in [0.2, 0.25) is 0 Å². The fraction of sp³-hybridized carbons (Fsp3) is 0.300. The number of benzene rings is 2. The van der Waals surface area contributed by atoms with Gasteiger partial charge in [-0.2, -0.15) is 0 Å². The third kappa shape index (κ3) is 4.09. The Bertz CT molecular complexity index is 1420. The van der Waals surface area contributed by atoms with E-state index in [1.807, 2.05) is 40.5 Å². The number of carbonyl (C=O) groups is 1. The molecule has 0 spiro atoms. The number of aryl methyl sites for hydroxylation is 2. The molecule has 0 saturated heterocycles. The van der Waals surface area contributed by atoms with Gasteiger partial charge in [-0.1, -0.05) is 42.0 Å². The van der Waals surface area contributed by atoms with Gasteiger partial charge in [0.05, 0.1) is 25.4 Å². The van der Waals surface area contributed by atoms with Crippen LogP contribution in [0.25, 0.3) is 5.00 Å². The van der Waals surface area contributed by atoms with Crippen LogP contribution < -0.4 is 10.1 Å². The average molecular weight is 498 g/mol. The molecule has 0 fully saturated rings. The van der Waals surface area contributed by atoms with E-state index in [-0.39, 0.29) is 12.1 Å². The fourth-order valence-corrected chi connectivity index (χ4v) is 7.04. The molecule has 184 valence electrons. The minimum absolute atomic E-state index is 0.0549. The lowest BCUT2D eigenvalue weighted by Gasteiger charge is -2.31. The van der Waals surface area contributed by atoms with Crippen LogP contribution in [0.4, 0.5) is 4.79 Å². The number of amides is 2. The first kappa shape index (κ1) is 22.9. The van der Waals surface area contributed by atoms with Gasteiger partial charge in [-0.3, -0.25) is 0 Å². The number of hydrogen-bond donors (Lipinski definition) is 1. The van der Waals surface area contributed by atoms with Crippen molar-refractivity contribution >= 4 is 17.4 Å². The van der Waals surface area contributed by atoms with Gasteiger partial charge in [0, 0.05) is 23.2 Å². The topological polar surface area (TPSA) is 46.5 Å². The molecule has 0 saturated carbocycles. The molecule has 4 aromatic rings. The number of urea groups is 1. The zero-order valence-electron chi connectivity index (χ0n) is 20.8. The smallest absolute Gasteiger partial charge is 0.318 e. The molecular weight excluding hydrogens is 466 g/mol. The van der Waals surface area contributed by atoms with Gasteiger partial charge in [-0.05, 0) is 73.6 Å². The number of rotatable bonds is 4. The van der Waals surface area contributed by atoms with Crippen LogP contribution in [0.3, 0.4) is 0 Å². The van der Waals surface area contributed by atoms with E-state index in [4.69, 9.17) is 4.74 Å². The lowest BCUT2D eigenvalue weighted by molar-refractivity contribution is 0.180. The van der Waals surface area contributed by atoms with Gasteiger partial charge in [-0.25, -0.2) is 4.79 Å². The highest BCUT2D eigenvalue weighted by Crippen LogP contribution is 2.44. The van der Waals surface area contributed by atoms with E-state index in [1.54, 1.807) is 7.11 Å². The number of nitrogens with zero attached hydrogens (tertiary/aromatic N) is 2. The van der Waals surface area contributed by atoms with Crippen molar-refractivity contribution in [3.63, 3.8) is 0 Å². The second-order valence-electron chi connectivity index (χ2n) is 9.75. The van der Waals surface area contributed by atoms with Crippen LogP contribution in [0.2, 0.25) is 0 Å². The molecule has 1 aliphatic carbocycles. The predicted molar refractivity (Wildman–Crippen MR) is 144 cm³/mol. The van der Waals surface area contributed by atoms with Gasteiger partial charge < -0.3 is 19.5 Å². The summed E-state index contributed by atoms with van der Waals surface area (Å²) in [6.45, 7) is 3.16. The maximum Gasteiger partial charge on any atom is 0.318 e. The minimum atomic E-state index is -0.177.